The highest BCUT2D eigenvalue weighted by Gasteiger charge is 2.25. The molecule has 1 aliphatic heterocycles. The zero-order valence-electron chi connectivity index (χ0n) is 14.9. The summed E-state index contributed by atoms with van der Waals surface area (Å²) in [6.45, 7) is 6.40. The molecule has 0 unspecified atom stereocenters. The van der Waals surface area contributed by atoms with E-state index in [1.165, 1.54) is 0 Å². The summed E-state index contributed by atoms with van der Waals surface area (Å²) in [5, 5.41) is 2.98. The highest BCUT2D eigenvalue weighted by atomic mass is 16.5. The quantitative estimate of drug-likeness (QED) is 0.870. The number of carbonyl (C=O) groups is 2. The number of nitrogens with zero attached hydrogens (tertiary/aromatic N) is 1. The molecule has 2 amide bonds. The Labute approximate surface area is 144 Å². The Bertz CT molecular complexity index is 571. The van der Waals surface area contributed by atoms with Gasteiger partial charge in [-0.3, -0.25) is 9.59 Å². The van der Waals surface area contributed by atoms with Crippen LogP contribution in [0.25, 0.3) is 0 Å². The molecule has 5 heteroatoms. The van der Waals surface area contributed by atoms with Crippen LogP contribution in [-0.2, 0) is 16.1 Å². The highest BCUT2D eigenvalue weighted by Crippen LogP contribution is 2.19. The molecule has 0 aromatic heterocycles. The first-order chi connectivity index (χ1) is 11.5. The molecule has 1 aromatic rings. The van der Waals surface area contributed by atoms with Crippen molar-refractivity contribution in [3.8, 4) is 0 Å². The van der Waals surface area contributed by atoms with E-state index in [1.54, 1.807) is 7.11 Å². The van der Waals surface area contributed by atoms with E-state index < -0.39 is 0 Å². The van der Waals surface area contributed by atoms with E-state index in [1.807, 2.05) is 43.0 Å². The maximum Gasteiger partial charge on any atom is 0.253 e. The fraction of sp³-hybridized carbons (Fsp3) is 0.579. The largest absolute Gasteiger partial charge is 0.380 e. The molecule has 24 heavy (non-hydrogen) atoms. The predicted octanol–water partition coefficient (Wildman–Crippen LogP) is 2.46. The van der Waals surface area contributed by atoms with Gasteiger partial charge in [-0.2, -0.15) is 0 Å². The van der Waals surface area contributed by atoms with Crippen molar-refractivity contribution in [2.45, 2.75) is 33.3 Å². The summed E-state index contributed by atoms with van der Waals surface area (Å²) in [6.07, 6.45) is 2.03. The van der Waals surface area contributed by atoms with Gasteiger partial charge in [-0.25, -0.2) is 0 Å². The number of piperidine rings is 1. The van der Waals surface area contributed by atoms with Crippen LogP contribution in [0.3, 0.4) is 0 Å². The summed E-state index contributed by atoms with van der Waals surface area (Å²) in [6, 6.07) is 7.61. The topological polar surface area (TPSA) is 58.6 Å². The van der Waals surface area contributed by atoms with E-state index in [-0.39, 0.29) is 17.7 Å². The number of hydrogen-bond donors (Lipinski definition) is 1. The summed E-state index contributed by atoms with van der Waals surface area (Å²) < 4.78 is 5.13. The minimum atomic E-state index is -0.00477. The minimum Gasteiger partial charge on any atom is -0.380 e. The molecule has 0 spiro atoms. The third-order valence-corrected chi connectivity index (χ3v) is 4.38. The van der Waals surface area contributed by atoms with Gasteiger partial charge in [-0.05, 0) is 36.5 Å². The van der Waals surface area contributed by atoms with Crippen LogP contribution in [0.2, 0.25) is 0 Å². The molecule has 1 aromatic carbocycles. The molecule has 1 heterocycles. The van der Waals surface area contributed by atoms with Gasteiger partial charge < -0.3 is 15.0 Å². The number of ether oxygens (including phenoxy) is 1. The van der Waals surface area contributed by atoms with Crippen molar-refractivity contribution in [2.24, 2.45) is 11.8 Å². The maximum absolute atomic E-state index is 12.7. The molecular formula is C19H28N2O3. The van der Waals surface area contributed by atoms with Gasteiger partial charge in [0.15, 0.2) is 0 Å². The number of carbonyl (C=O) groups excluding carboxylic acids is 2. The third kappa shape index (κ3) is 5.06. The van der Waals surface area contributed by atoms with Crippen LogP contribution in [0.1, 0.15) is 42.6 Å². The predicted molar refractivity (Wildman–Crippen MR) is 93.6 cm³/mol. The van der Waals surface area contributed by atoms with Gasteiger partial charge in [0, 0.05) is 38.2 Å². The molecule has 132 valence electrons. The lowest BCUT2D eigenvalue weighted by Crippen LogP contribution is -2.44. The van der Waals surface area contributed by atoms with E-state index >= 15 is 0 Å². The first-order valence-corrected chi connectivity index (χ1v) is 8.66. The summed E-state index contributed by atoms with van der Waals surface area (Å²) in [4.78, 5) is 26.4. The first-order valence-electron chi connectivity index (χ1n) is 8.66. The Morgan fingerprint density at radius 1 is 1.38 bits per heavy atom. The van der Waals surface area contributed by atoms with Crippen LogP contribution in [0.5, 0.6) is 0 Å². The molecule has 1 atom stereocenters. The molecule has 1 N–H and O–H groups in total. The zero-order chi connectivity index (χ0) is 17.5. The normalized spacial score (nSPS) is 17.8. The van der Waals surface area contributed by atoms with Crippen molar-refractivity contribution in [1.29, 1.82) is 0 Å². The van der Waals surface area contributed by atoms with Crippen molar-refractivity contribution < 1.29 is 14.3 Å². The maximum atomic E-state index is 12.7. The van der Waals surface area contributed by atoms with E-state index in [0.29, 0.717) is 31.2 Å². The minimum absolute atomic E-state index is 0.00477. The van der Waals surface area contributed by atoms with E-state index in [0.717, 1.165) is 24.9 Å². The Morgan fingerprint density at radius 2 is 2.17 bits per heavy atom. The average Bonchev–Trinajstić information content (AvgIpc) is 2.59. The van der Waals surface area contributed by atoms with Gasteiger partial charge >= 0.3 is 0 Å². The third-order valence-electron chi connectivity index (χ3n) is 4.38. The molecule has 5 nitrogen and oxygen atoms in total. The molecule has 1 fully saturated rings. The lowest BCUT2D eigenvalue weighted by molar-refractivity contribution is -0.124. The molecule has 0 aliphatic carbocycles. The van der Waals surface area contributed by atoms with Gasteiger partial charge in [0.2, 0.25) is 5.91 Å². The number of hydrogen-bond acceptors (Lipinski definition) is 3. The Hall–Kier alpha value is -1.88. The Morgan fingerprint density at radius 3 is 2.88 bits per heavy atom. The van der Waals surface area contributed by atoms with Crippen LogP contribution in [0.15, 0.2) is 24.3 Å². The first kappa shape index (κ1) is 18.5. The van der Waals surface area contributed by atoms with Crippen molar-refractivity contribution in [3.63, 3.8) is 0 Å². The number of likely N-dealkylation sites (tertiary alicyclic amines) is 1. The highest BCUT2D eigenvalue weighted by molar-refractivity contribution is 5.94. The second-order valence-corrected chi connectivity index (χ2v) is 6.79. The molecule has 0 radical (unpaired) electrons. The smallest absolute Gasteiger partial charge is 0.253 e. The lowest BCUT2D eigenvalue weighted by Gasteiger charge is -2.33. The Balaban J connectivity index is 1.94. The van der Waals surface area contributed by atoms with Crippen LogP contribution in [-0.4, -0.2) is 43.5 Å². The van der Waals surface area contributed by atoms with Gasteiger partial charge in [-0.15, -0.1) is 0 Å². The molecular weight excluding hydrogens is 304 g/mol. The van der Waals surface area contributed by atoms with Crippen LogP contribution in [0, 0.1) is 11.8 Å². The number of methoxy groups -OCH3 is 1. The van der Waals surface area contributed by atoms with Crippen molar-refractivity contribution in [3.05, 3.63) is 35.4 Å². The second kappa shape index (κ2) is 8.83. The average molecular weight is 332 g/mol. The van der Waals surface area contributed by atoms with E-state index in [2.05, 4.69) is 5.32 Å². The molecule has 1 saturated heterocycles. The molecule has 0 bridgehead atoms. The van der Waals surface area contributed by atoms with Gasteiger partial charge in [0.05, 0.1) is 6.61 Å². The summed E-state index contributed by atoms with van der Waals surface area (Å²) in [7, 11) is 1.65. The Kier molecular flexibility index (Phi) is 6.79. The standard InChI is InChI=1S/C19H28N2O3/c1-14(2)18(22)20-11-16-7-5-9-21(12-16)19(23)17-8-4-6-15(10-17)13-24-3/h4,6,8,10,14,16H,5,7,9,11-13H2,1-3H3,(H,20,22)/t16-/m0/s1. The molecule has 0 saturated carbocycles. The lowest BCUT2D eigenvalue weighted by atomic mass is 9.97. The summed E-state index contributed by atoms with van der Waals surface area (Å²) in [5.74, 6) is 0.459. The van der Waals surface area contributed by atoms with Gasteiger partial charge in [-0.1, -0.05) is 26.0 Å². The number of nitrogens with one attached hydrogen (secondary N) is 1. The second-order valence-electron chi connectivity index (χ2n) is 6.79. The summed E-state index contributed by atoms with van der Waals surface area (Å²) >= 11 is 0. The van der Waals surface area contributed by atoms with Crippen LogP contribution < -0.4 is 5.32 Å². The van der Waals surface area contributed by atoms with E-state index in [9.17, 15) is 9.59 Å². The SMILES string of the molecule is COCc1cccc(C(=O)N2CCC[C@@H](CNC(=O)C(C)C)C2)c1. The fourth-order valence-corrected chi connectivity index (χ4v) is 3.01. The fourth-order valence-electron chi connectivity index (χ4n) is 3.01. The number of benzene rings is 1. The van der Waals surface area contributed by atoms with Crippen molar-refractivity contribution >= 4 is 11.8 Å². The monoisotopic (exact) mass is 332 g/mol. The van der Waals surface area contributed by atoms with Crippen molar-refractivity contribution in [2.75, 3.05) is 26.7 Å². The number of rotatable bonds is 6. The number of amides is 2. The van der Waals surface area contributed by atoms with Crippen molar-refractivity contribution in [1.82, 2.24) is 10.2 Å². The summed E-state index contributed by atoms with van der Waals surface area (Å²) in [5.41, 5.74) is 1.71. The van der Waals surface area contributed by atoms with E-state index in [4.69, 9.17) is 4.74 Å². The molecule has 1 aliphatic rings. The van der Waals surface area contributed by atoms with Gasteiger partial charge in [0.1, 0.15) is 0 Å². The zero-order valence-corrected chi connectivity index (χ0v) is 14.9. The van der Waals surface area contributed by atoms with Crippen LogP contribution >= 0.6 is 0 Å². The van der Waals surface area contributed by atoms with Gasteiger partial charge in [0.25, 0.3) is 5.91 Å². The van der Waals surface area contributed by atoms with Crippen LogP contribution in [0.4, 0.5) is 0 Å². The molecule has 2 rings (SSSR count).